The summed E-state index contributed by atoms with van der Waals surface area (Å²) in [6, 6.07) is 1.90. The summed E-state index contributed by atoms with van der Waals surface area (Å²) in [6.07, 6.45) is 3.40. The van der Waals surface area contributed by atoms with Crippen LogP contribution in [0.1, 0.15) is 6.92 Å². The zero-order valence-corrected chi connectivity index (χ0v) is 7.27. The van der Waals surface area contributed by atoms with E-state index in [1.807, 2.05) is 16.9 Å². The number of nitrogens with one attached hydrogen (secondary N) is 1. The van der Waals surface area contributed by atoms with Gasteiger partial charge in [-0.05, 0) is 13.0 Å². The van der Waals surface area contributed by atoms with E-state index < -0.39 is 0 Å². The summed E-state index contributed by atoms with van der Waals surface area (Å²) in [4.78, 5) is 0. The van der Waals surface area contributed by atoms with E-state index in [1.54, 1.807) is 13.1 Å². The monoisotopic (exact) mass is 169 g/mol. The van der Waals surface area contributed by atoms with Gasteiger partial charge < -0.3 is 10.4 Å². The smallest absolute Gasteiger partial charge is 0.0636 e. The quantitative estimate of drug-likeness (QED) is 0.603. The fraction of sp³-hybridized carbons (Fsp3) is 0.625. The fourth-order valence-electron chi connectivity index (χ4n) is 0.937. The molecule has 0 bridgehead atoms. The minimum atomic E-state index is -0.275. The maximum absolute atomic E-state index is 8.92. The second kappa shape index (κ2) is 4.90. The van der Waals surface area contributed by atoms with Crippen LogP contribution in [0.4, 0.5) is 0 Å². The molecule has 0 aromatic carbocycles. The van der Waals surface area contributed by atoms with Crippen LogP contribution >= 0.6 is 0 Å². The molecule has 1 heterocycles. The Bertz CT molecular complexity index is 196. The Labute approximate surface area is 72.2 Å². The van der Waals surface area contributed by atoms with E-state index in [-0.39, 0.29) is 6.10 Å². The molecule has 0 unspecified atom stereocenters. The highest BCUT2D eigenvalue weighted by Crippen LogP contribution is 1.82. The molecule has 0 spiro atoms. The summed E-state index contributed by atoms with van der Waals surface area (Å²) in [6.45, 7) is 4.09. The van der Waals surface area contributed by atoms with Crippen LogP contribution in [-0.4, -0.2) is 34.1 Å². The van der Waals surface area contributed by atoms with Crippen molar-refractivity contribution >= 4 is 0 Å². The molecule has 4 nitrogen and oxygen atoms in total. The molecule has 0 aliphatic rings. The molecular weight excluding hydrogens is 154 g/mol. The van der Waals surface area contributed by atoms with Gasteiger partial charge in [-0.2, -0.15) is 5.10 Å². The SMILES string of the molecule is C[C@@H](O)CNCCn1cccn1. The second-order valence-electron chi connectivity index (χ2n) is 2.82. The molecule has 12 heavy (non-hydrogen) atoms. The molecule has 1 atom stereocenters. The van der Waals surface area contributed by atoms with E-state index in [4.69, 9.17) is 5.11 Å². The van der Waals surface area contributed by atoms with Crippen LogP contribution < -0.4 is 5.32 Å². The topological polar surface area (TPSA) is 50.1 Å². The summed E-state index contributed by atoms with van der Waals surface area (Å²) in [7, 11) is 0. The summed E-state index contributed by atoms with van der Waals surface area (Å²) in [5.41, 5.74) is 0. The number of hydrogen-bond acceptors (Lipinski definition) is 3. The minimum Gasteiger partial charge on any atom is -0.392 e. The van der Waals surface area contributed by atoms with Gasteiger partial charge in [0.1, 0.15) is 0 Å². The summed E-state index contributed by atoms with van der Waals surface area (Å²) >= 11 is 0. The van der Waals surface area contributed by atoms with Gasteiger partial charge in [0.15, 0.2) is 0 Å². The van der Waals surface area contributed by atoms with E-state index >= 15 is 0 Å². The lowest BCUT2D eigenvalue weighted by Gasteiger charge is -2.06. The lowest BCUT2D eigenvalue weighted by molar-refractivity contribution is 0.191. The predicted molar refractivity (Wildman–Crippen MR) is 46.8 cm³/mol. The average Bonchev–Trinajstić information content (AvgIpc) is 2.49. The molecule has 1 rings (SSSR count). The lowest BCUT2D eigenvalue weighted by atomic mass is 10.4. The molecule has 68 valence electrons. The first-order chi connectivity index (χ1) is 5.79. The van der Waals surface area contributed by atoms with Gasteiger partial charge in [0.2, 0.25) is 0 Å². The molecule has 0 radical (unpaired) electrons. The van der Waals surface area contributed by atoms with Crippen molar-refractivity contribution < 1.29 is 5.11 Å². The van der Waals surface area contributed by atoms with Crippen molar-refractivity contribution in [2.75, 3.05) is 13.1 Å². The van der Waals surface area contributed by atoms with E-state index in [1.165, 1.54) is 0 Å². The molecule has 0 fully saturated rings. The Balaban J connectivity index is 2.04. The number of rotatable bonds is 5. The van der Waals surface area contributed by atoms with Crippen molar-refractivity contribution in [3.05, 3.63) is 18.5 Å². The number of aliphatic hydroxyl groups excluding tert-OH is 1. The van der Waals surface area contributed by atoms with Crippen molar-refractivity contribution in [2.24, 2.45) is 0 Å². The Morgan fingerprint density at radius 2 is 2.50 bits per heavy atom. The van der Waals surface area contributed by atoms with Crippen molar-refractivity contribution in [1.29, 1.82) is 0 Å². The van der Waals surface area contributed by atoms with E-state index in [0.717, 1.165) is 13.1 Å². The van der Waals surface area contributed by atoms with Crippen molar-refractivity contribution in [3.8, 4) is 0 Å². The number of hydrogen-bond donors (Lipinski definition) is 2. The molecule has 0 aliphatic carbocycles. The van der Waals surface area contributed by atoms with Crippen LogP contribution in [0.25, 0.3) is 0 Å². The average molecular weight is 169 g/mol. The molecule has 2 N–H and O–H groups in total. The van der Waals surface area contributed by atoms with Gasteiger partial charge in [-0.1, -0.05) is 0 Å². The highest BCUT2D eigenvalue weighted by molar-refractivity contribution is 4.77. The van der Waals surface area contributed by atoms with Crippen molar-refractivity contribution in [3.63, 3.8) is 0 Å². The Hall–Kier alpha value is -0.870. The zero-order valence-electron chi connectivity index (χ0n) is 7.27. The van der Waals surface area contributed by atoms with Crippen LogP contribution in [-0.2, 0) is 6.54 Å². The van der Waals surface area contributed by atoms with Gasteiger partial charge in [0.05, 0.1) is 12.6 Å². The zero-order chi connectivity index (χ0) is 8.81. The number of aromatic nitrogens is 2. The molecule has 1 aromatic heterocycles. The summed E-state index contributed by atoms with van der Waals surface area (Å²) < 4.78 is 1.86. The lowest BCUT2D eigenvalue weighted by Crippen LogP contribution is -2.27. The maximum atomic E-state index is 8.92. The van der Waals surface area contributed by atoms with E-state index in [0.29, 0.717) is 6.54 Å². The number of nitrogens with zero attached hydrogens (tertiary/aromatic N) is 2. The van der Waals surface area contributed by atoms with Gasteiger partial charge in [0, 0.05) is 25.5 Å². The van der Waals surface area contributed by atoms with Gasteiger partial charge in [-0.3, -0.25) is 4.68 Å². The molecular formula is C8H15N3O. The van der Waals surface area contributed by atoms with Crippen molar-refractivity contribution in [1.82, 2.24) is 15.1 Å². The van der Waals surface area contributed by atoms with E-state index in [9.17, 15) is 0 Å². The Kier molecular flexibility index (Phi) is 3.76. The van der Waals surface area contributed by atoms with Gasteiger partial charge in [-0.15, -0.1) is 0 Å². The molecule has 4 heteroatoms. The van der Waals surface area contributed by atoms with Crippen LogP contribution in [0.2, 0.25) is 0 Å². The highest BCUT2D eigenvalue weighted by Gasteiger charge is 1.93. The summed E-state index contributed by atoms with van der Waals surface area (Å²) in [5.74, 6) is 0. The fourth-order valence-corrected chi connectivity index (χ4v) is 0.937. The molecule has 0 aliphatic heterocycles. The first-order valence-corrected chi connectivity index (χ1v) is 4.15. The molecule has 0 saturated heterocycles. The van der Waals surface area contributed by atoms with Gasteiger partial charge in [-0.25, -0.2) is 0 Å². The predicted octanol–water partition coefficient (Wildman–Crippen LogP) is -0.147. The standard InChI is InChI=1S/C8H15N3O/c1-8(12)7-9-4-6-11-5-2-3-10-11/h2-3,5,8-9,12H,4,6-7H2,1H3/t8-/m1/s1. The van der Waals surface area contributed by atoms with Crippen LogP contribution in [0.5, 0.6) is 0 Å². The Morgan fingerprint density at radius 1 is 1.67 bits per heavy atom. The van der Waals surface area contributed by atoms with Crippen LogP contribution in [0, 0.1) is 0 Å². The third-order valence-electron chi connectivity index (χ3n) is 1.52. The van der Waals surface area contributed by atoms with E-state index in [2.05, 4.69) is 10.4 Å². The first kappa shape index (κ1) is 9.22. The highest BCUT2D eigenvalue weighted by atomic mass is 16.3. The maximum Gasteiger partial charge on any atom is 0.0636 e. The first-order valence-electron chi connectivity index (χ1n) is 4.15. The largest absolute Gasteiger partial charge is 0.392 e. The minimum absolute atomic E-state index is 0.275. The molecule has 0 saturated carbocycles. The van der Waals surface area contributed by atoms with Gasteiger partial charge in [0.25, 0.3) is 0 Å². The Morgan fingerprint density at radius 3 is 3.08 bits per heavy atom. The normalized spacial score (nSPS) is 13.2. The van der Waals surface area contributed by atoms with Crippen molar-refractivity contribution in [2.45, 2.75) is 19.6 Å². The third-order valence-corrected chi connectivity index (χ3v) is 1.52. The van der Waals surface area contributed by atoms with Crippen LogP contribution in [0.15, 0.2) is 18.5 Å². The summed E-state index contributed by atoms with van der Waals surface area (Å²) in [5, 5.41) is 16.1. The van der Waals surface area contributed by atoms with Crippen LogP contribution in [0.3, 0.4) is 0 Å². The van der Waals surface area contributed by atoms with Gasteiger partial charge >= 0.3 is 0 Å². The third kappa shape index (κ3) is 3.50. The molecule has 1 aromatic rings. The number of aliphatic hydroxyl groups is 1. The molecule has 0 amide bonds. The second-order valence-corrected chi connectivity index (χ2v) is 2.82.